The zero-order chi connectivity index (χ0) is 39.5. The summed E-state index contributed by atoms with van der Waals surface area (Å²) in [6.07, 6.45) is 0. The SMILES string of the molecule is O=P12c3ccc(-c4cccc(-c5cccc6c5oc5ccccc56)c4)cc3Oc3cccc(c31)Oc1cc(-c3cccc(-c4cccc5c4oc4ccccc45)c3)ccc12. The fraction of sp³-hybridized carbons (Fsp3) is 0. The van der Waals surface area contributed by atoms with Crippen molar-refractivity contribution in [3.63, 3.8) is 0 Å². The summed E-state index contributed by atoms with van der Waals surface area (Å²) in [7, 11) is -3.41. The Labute approximate surface area is 344 Å². The summed E-state index contributed by atoms with van der Waals surface area (Å²) >= 11 is 0. The summed E-state index contributed by atoms with van der Waals surface area (Å²) < 4.78 is 41.9. The van der Waals surface area contributed by atoms with Crippen LogP contribution in [0.1, 0.15) is 0 Å². The fourth-order valence-electron chi connectivity index (χ4n) is 9.34. The maximum absolute atomic E-state index is 15.9. The standard InChI is InChI=1S/C54H31O5P/c55-60-50-26-24-34(32-10-5-12-36(28-32)38-16-7-18-42-40-14-1-3-20-44(40)58-52(38)42)30-48(50)56-46-22-9-23-47(54(46)60)57-49-31-35(25-27-51(49)60)33-11-6-13-37(29-33)39-17-8-19-43-41-15-2-4-21-45(41)59-53(39)43/h1-31H. The summed E-state index contributed by atoms with van der Waals surface area (Å²) in [5, 5.41) is 6.31. The van der Waals surface area contributed by atoms with E-state index in [1.807, 2.05) is 91.0 Å². The lowest BCUT2D eigenvalue weighted by Gasteiger charge is -2.34. The maximum Gasteiger partial charge on any atom is 0.185 e. The average Bonchev–Trinajstić information content (AvgIpc) is 3.88. The Bertz CT molecular complexity index is 3430. The highest BCUT2D eigenvalue weighted by atomic mass is 31.2. The van der Waals surface area contributed by atoms with Crippen LogP contribution in [-0.4, -0.2) is 0 Å². The lowest BCUT2D eigenvalue weighted by molar-refractivity contribution is 0.462. The average molecular weight is 791 g/mol. The molecule has 13 rings (SSSR count). The van der Waals surface area contributed by atoms with Crippen LogP contribution >= 0.6 is 7.14 Å². The lowest BCUT2D eigenvalue weighted by atomic mass is 9.97. The van der Waals surface area contributed by atoms with Gasteiger partial charge in [0, 0.05) is 32.7 Å². The van der Waals surface area contributed by atoms with Crippen LogP contribution in [0, 0.1) is 0 Å². The molecule has 0 fully saturated rings. The van der Waals surface area contributed by atoms with E-state index >= 15 is 4.57 Å². The zero-order valence-corrected chi connectivity index (χ0v) is 32.8. The van der Waals surface area contributed by atoms with Gasteiger partial charge < -0.3 is 22.9 Å². The van der Waals surface area contributed by atoms with E-state index in [1.54, 1.807) is 0 Å². The molecule has 0 unspecified atom stereocenters. The van der Waals surface area contributed by atoms with Crippen LogP contribution in [0.15, 0.2) is 197 Å². The number of fused-ring (bicyclic) bond motifs is 10. The van der Waals surface area contributed by atoms with Gasteiger partial charge >= 0.3 is 0 Å². The van der Waals surface area contributed by atoms with Gasteiger partial charge in [-0.15, -0.1) is 0 Å². The predicted octanol–water partition coefficient (Wildman–Crippen LogP) is 14.0. The first-order valence-corrected chi connectivity index (χ1v) is 21.7. The number of hydrogen-bond acceptors (Lipinski definition) is 5. The van der Waals surface area contributed by atoms with Crippen LogP contribution in [0.4, 0.5) is 0 Å². The molecule has 282 valence electrons. The van der Waals surface area contributed by atoms with Crippen LogP contribution in [0.3, 0.4) is 0 Å². The Kier molecular flexibility index (Phi) is 6.93. The van der Waals surface area contributed by atoms with E-state index in [0.717, 1.165) is 88.4 Å². The van der Waals surface area contributed by atoms with Gasteiger partial charge in [-0.3, -0.25) is 0 Å². The van der Waals surface area contributed by atoms with Crippen LogP contribution in [0.2, 0.25) is 0 Å². The molecule has 9 aromatic carbocycles. The van der Waals surface area contributed by atoms with E-state index in [2.05, 4.69) is 97.1 Å². The fourth-order valence-corrected chi connectivity index (χ4v) is 12.4. The second-order valence-corrected chi connectivity index (χ2v) is 18.1. The molecule has 4 heterocycles. The van der Waals surface area contributed by atoms with Crippen molar-refractivity contribution in [1.29, 1.82) is 0 Å². The first-order chi connectivity index (χ1) is 29.6. The Morgan fingerprint density at radius 3 is 1.27 bits per heavy atom. The smallest absolute Gasteiger partial charge is 0.185 e. The van der Waals surface area contributed by atoms with Gasteiger partial charge in [-0.25, -0.2) is 0 Å². The molecule has 0 atom stereocenters. The number of ether oxygens (including phenoxy) is 2. The topological polar surface area (TPSA) is 61.8 Å². The molecular weight excluding hydrogens is 760 g/mol. The third-order valence-electron chi connectivity index (χ3n) is 12.1. The quantitative estimate of drug-likeness (QED) is 0.166. The third kappa shape index (κ3) is 4.78. The van der Waals surface area contributed by atoms with E-state index < -0.39 is 7.14 Å². The molecule has 0 radical (unpaired) electrons. The van der Waals surface area contributed by atoms with E-state index in [-0.39, 0.29) is 0 Å². The number of hydrogen-bond donors (Lipinski definition) is 0. The van der Waals surface area contributed by atoms with Gasteiger partial charge in [0.15, 0.2) is 7.14 Å². The molecule has 0 aliphatic carbocycles. The summed E-state index contributed by atoms with van der Waals surface area (Å²) in [5.41, 5.74) is 11.6. The lowest BCUT2D eigenvalue weighted by Crippen LogP contribution is -2.35. The van der Waals surface area contributed by atoms with Crippen molar-refractivity contribution in [2.75, 3.05) is 0 Å². The van der Waals surface area contributed by atoms with Crippen LogP contribution in [-0.2, 0) is 4.57 Å². The molecule has 2 aliphatic rings. The van der Waals surface area contributed by atoms with Crippen molar-refractivity contribution < 1.29 is 22.9 Å². The molecule has 60 heavy (non-hydrogen) atoms. The molecule has 0 N–H and O–H groups in total. The highest BCUT2D eigenvalue weighted by Gasteiger charge is 2.46. The number of furan rings is 2. The number of para-hydroxylation sites is 4. The van der Waals surface area contributed by atoms with E-state index in [0.29, 0.717) is 38.9 Å². The second-order valence-electron chi connectivity index (χ2n) is 15.5. The molecule has 0 bridgehead atoms. The van der Waals surface area contributed by atoms with Gasteiger partial charge in [0.25, 0.3) is 0 Å². The summed E-state index contributed by atoms with van der Waals surface area (Å²) in [6.45, 7) is 0. The van der Waals surface area contributed by atoms with Gasteiger partial charge in [-0.05, 0) is 94.0 Å². The van der Waals surface area contributed by atoms with Crippen molar-refractivity contribution in [3.8, 4) is 67.5 Å². The van der Waals surface area contributed by atoms with Crippen molar-refractivity contribution >= 4 is 66.9 Å². The van der Waals surface area contributed by atoms with E-state index in [9.17, 15) is 0 Å². The van der Waals surface area contributed by atoms with Gasteiger partial charge in [0.2, 0.25) is 0 Å². The molecular formula is C54H31O5P. The van der Waals surface area contributed by atoms with Gasteiger partial charge in [0.05, 0.1) is 10.6 Å². The van der Waals surface area contributed by atoms with Gasteiger partial charge in [-0.2, -0.15) is 0 Å². The highest BCUT2D eigenvalue weighted by molar-refractivity contribution is 7.86. The van der Waals surface area contributed by atoms with Crippen LogP contribution < -0.4 is 25.4 Å². The van der Waals surface area contributed by atoms with Crippen LogP contribution in [0.25, 0.3) is 88.4 Å². The molecule has 0 spiro atoms. The zero-order valence-electron chi connectivity index (χ0n) is 31.9. The van der Waals surface area contributed by atoms with E-state index in [4.69, 9.17) is 18.3 Å². The summed E-state index contributed by atoms with van der Waals surface area (Å²) in [5.74, 6) is 2.25. The first kappa shape index (κ1) is 33.4. The minimum Gasteiger partial charge on any atom is -0.456 e. The van der Waals surface area contributed by atoms with Crippen molar-refractivity contribution in [2.24, 2.45) is 0 Å². The molecule has 11 aromatic rings. The second kappa shape index (κ2) is 12.5. The molecule has 2 aliphatic heterocycles. The Balaban J connectivity index is 0.890. The normalized spacial score (nSPS) is 13.5. The van der Waals surface area contributed by atoms with Crippen LogP contribution in [0.5, 0.6) is 23.0 Å². The number of rotatable bonds is 4. The highest BCUT2D eigenvalue weighted by Crippen LogP contribution is 2.59. The summed E-state index contributed by atoms with van der Waals surface area (Å²) in [6, 6.07) is 63.5. The molecule has 0 saturated carbocycles. The van der Waals surface area contributed by atoms with Gasteiger partial charge in [0.1, 0.15) is 50.6 Å². The monoisotopic (exact) mass is 790 g/mol. The molecule has 6 heteroatoms. The largest absolute Gasteiger partial charge is 0.456 e. The Morgan fingerprint density at radius 2 is 0.750 bits per heavy atom. The van der Waals surface area contributed by atoms with Crippen molar-refractivity contribution in [1.82, 2.24) is 0 Å². The predicted molar refractivity (Wildman–Crippen MR) is 242 cm³/mol. The molecule has 5 nitrogen and oxygen atoms in total. The van der Waals surface area contributed by atoms with E-state index in [1.165, 1.54) is 0 Å². The van der Waals surface area contributed by atoms with Gasteiger partial charge in [-0.1, -0.05) is 127 Å². The minimum atomic E-state index is -3.41. The van der Waals surface area contributed by atoms with Crippen molar-refractivity contribution in [3.05, 3.63) is 188 Å². The molecule has 2 aromatic heterocycles. The minimum absolute atomic E-state index is 0.549. The Hall–Kier alpha value is -7.59. The number of benzene rings is 9. The molecule has 0 saturated heterocycles. The first-order valence-electron chi connectivity index (χ1n) is 20.0. The van der Waals surface area contributed by atoms with Crippen molar-refractivity contribution in [2.45, 2.75) is 0 Å². The maximum atomic E-state index is 15.9. The third-order valence-corrected chi connectivity index (χ3v) is 15.3. The molecule has 0 amide bonds. The summed E-state index contributed by atoms with van der Waals surface area (Å²) in [4.78, 5) is 0. The Morgan fingerprint density at radius 1 is 0.333 bits per heavy atom.